The largest absolute Gasteiger partial charge is 0.514 e. The molecule has 0 radical (unpaired) electrons. The average Bonchev–Trinajstić information content (AvgIpc) is 3.26. The Morgan fingerprint density at radius 2 is 1.70 bits per heavy atom. The van der Waals surface area contributed by atoms with Crippen LogP contribution in [-0.2, 0) is 14.8 Å². The predicted octanol–water partition coefficient (Wildman–Crippen LogP) is 3.84. The summed E-state index contributed by atoms with van der Waals surface area (Å²) >= 11 is 0.890. The van der Waals surface area contributed by atoms with Crippen molar-refractivity contribution in [2.45, 2.75) is 25.0 Å². The van der Waals surface area contributed by atoms with Crippen molar-refractivity contribution in [3.05, 3.63) is 56.7 Å². The predicted molar refractivity (Wildman–Crippen MR) is 148 cm³/mol. The number of H-pyrrole nitrogens is 1. The number of hydrogen-bond acceptors (Lipinski definition) is 11. The standard InChI is InChI=1S/C26H27N3O9S2/c1-13-8-16(23-28-18-11-17(34-4)12-19(35-5)21(18)24(30)29-23)9-14(2)22(13)36-6-7-37-26(31)38-20-10-15(3)39-25(20)40(27,32)33/h8-12H,6-7H2,1-5H3,(H2,27,32,33)(H,28,29,30). The first kappa shape index (κ1) is 28.9. The van der Waals surface area contributed by atoms with Gasteiger partial charge in [0.1, 0.15) is 41.7 Å². The molecule has 0 fully saturated rings. The summed E-state index contributed by atoms with van der Waals surface area (Å²) in [5, 5.41) is 5.48. The van der Waals surface area contributed by atoms with Crippen LogP contribution in [0.4, 0.5) is 4.79 Å². The van der Waals surface area contributed by atoms with Crippen LogP contribution in [0.2, 0.25) is 0 Å². The number of primary sulfonamides is 1. The number of carbonyl (C=O) groups excluding carboxylic acids is 1. The van der Waals surface area contributed by atoms with Crippen molar-refractivity contribution in [2.75, 3.05) is 27.4 Å². The van der Waals surface area contributed by atoms with E-state index < -0.39 is 16.2 Å². The molecule has 0 amide bonds. The number of ether oxygens (including phenoxy) is 5. The molecule has 4 rings (SSSR count). The quantitative estimate of drug-likeness (QED) is 0.216. The highest BCUT2D eigenvalue weighted by atomic mass is 32.2. The van der Waals surface area contributed by atoms with Crippen molar-refractivity contribution in [2.24, 2.45) is 5.14 Å². The van der Waals surface area contributed by atoms with Gasteiger partial charge in [-0.15, -0.1) is 11.3 Å². The number of aryl methyl sites for hydroxylation is 3. The molecule has 0 atom stereocenters. The van der Waals surface area contributed by atoms with Gasteiger partial charge >= 0.3 is 6.16 Å². The Balaban J connectivity index is 1.45. The van der Waals surface area contributed by atoms with Crippen LogP contribution in [0.25, 0.3) is 22.3 Å². The molecule has 0 saturated heterocycles. The highest BCUT2D eigenvalue weighted by Crippen LogP contribution is 2.33. The molecular weight excluding hydrogens is 562 g/mol. The molecule has 40 heavy (non-hydrogen) atoms. The van der Waals surface area contributed by atoms with Gasteiger partial charge in [0.15, 0.2) is 9.96 Å². The van der Waals surface area contributed by atoms with Gasteiger partial charge in [-0.25, -0.2) is 23.3 Å². The monoisotopic (exact) mass is 589 g/mol. The Bertz CT molecular complexity index is 1740. The molecule has 0 aliphatic heterocycles. The third kappa shape index (κ3) is 6.19. The lowest BCUT2D eigenvalue weighted by molar-refractivity contribution is 0.0840. The van der Waals surface area contributed by atoms with Gasteiger partial charge in [-0.1, -0.05) is 0 Å². The van der Waals surface area contributed by atoms with Crippen LogP contribution in [0.15, 0.2) is 39.3 Å². The number of aromatic nitrogens is 2. The summed E-state index contributed by atoms with van der Waals surface area (Å²) in [5.74, 6) is 1.60. The van der Waals surface area contributed by atoms with Crippen molar-refractivity contribution < 1.29 is 36.9 Å². The molecule has 212 valence electrons. The number of hydrogen-bond donors (Lipinski definition) is 2. The van der Waals surface area contributed by atoms with Crippen molar-refractivity contribution in [3.63, 3.8) is 0 Å². The van der Waals surface area contributed by atoms with E-state index in [0.29, 0.717) is 44.4 Å². The van der Waals surface area contributed by atoms with E-state index >= 15 is 0 Å². The maximum atomic E-state index is 12.9. The lowest BCUT2D eigenvalue weighted by Crippen LogP contribution is -2.18. The number of rotatable bonds is 9. The molecule has 3 N–H and O–H groups in total. The van der Waals surface area contributed by atoms with Crippen LogP contribution >= 0.6 is 11.3 Å². The van der Waals surface area contributed by atoms with Crippen molar-refractivity contribution in [3.8, 4) is 34.4 Å². The highest BCUT2D eigenvalue weighted by molar-refractivity contribution is 7.91. The Labute approximate surface area is 233 Å². The second-order valence-corrected chi connectivity index (χ2v) is 11.7. The van der Waals surface area contributed by atoms with Crippen molar-refractivity contribution in [1.29, 1.82) is 0 Å². The maximum Gasteiger partial charge on any atom is 0.514 e. The molecule has 0 aliphatic rings. The van der Waals surface area contributed by atoms with Crippen LogP contribution in [0, 0.1) is 20.8 Å². The number of methoxy groups -OCH3 is 2. The number of thiophene rings is 1. The summed E-state index contributed by atoms with van der Waals surface area (Å²) < 4.78 is 49.6. The fourth-order valence-corrected chi connectivity index (χ4v) is 5.97. The van der Waals surface area contributed by atoms with E-state index in [0.717, 1.165) is 22.5 Å². The van der Waals surface area contributed by atoms with Crippen molar-refractivity contribution in [1.82, 2.24) is 9.97 Å². The number of nitrogens with zero attached hydrogens (tertiary/aromatic N) is 1. The third-order valence-corrected chi connectivity index (χ3v) is 8.22. The summed E-state index contributed by atoms with van der Waals surface area (Å²) in [4.78, 5) is 33.0. The number of fused-ring (bicyclic) bond motifs is 1. The molecule has 4 aromatic rings. The van der Waals surface area contributed by atoms with Gasteiger partial charge in [0.25, 0.3) is 15.6 Å². The lowest BCUT2D eigenvalue weighted by atomic mass is 10.0. The van der Waals surface area contributed by atoms with E-state index in [-0.39, 0.29) is 28.7 Å². The number of aromatic amines is 1. The molecular formula is C26H27N3O9S2. The zero-order valence-electron chi connectivity index (χ0n) is 22.3. The molecule has 2 aromatic heterocycles. The fourth-order valence-electron chi connectivity index (χ4n) is 4.07. The molecule has 14 heteroatoms. The van der Waals surface area contributed by atoms with Gasteiger partial charge < -0.3 is 28.7 Å². The maximum absolute atomic E-state index is 12.9. The van der Waals surface area contributed by atoms with E-state index in [1.54, 1.807) is 19.1 Å². The van der Waals surface area contributed by atoms with Crippen LogP contribution in [0.3, 0.4) is 0 Å². The molecule has 0 unspecified atom stereocenters. The Kier molecular flexibility index (Phi) is 8.32. The number of sulfonamides is 1. The number of nitrogens with two attached hydrogens (primary N) is 1. The van der Waals surface area contributed by atoms with Gasteiger partial charge in [0, 0.05) is 22.6 Å². The summed E-state index contributed by atoms with van der Waals surface area (Å²) in [6.45, 7) is 5.17. The minimum absolute atomic E-state index is 0.00544. The van der Waals surface area contributed by atoms with Crippen molar-refractivity contribution >= 4 is 38.4 Å². The van der Waals surface area contributed by atoms with Gasteiger partial charge in [0.05, 0.1) is 19.7 Å². The zero-order valence-corrected chi connectivity index (χ0v) is 23.9. The molecule has 0 aliphatic carbocycles. The van der Waals surface area contributed by atoms with Crippen LogP contribution in [0.1, 0.15) is 16.0 Å². The van der Waals surface area contributed by atoms with Crippen LogP contribution < -0.4 is 29.6 Å². The molecule has 2 aromatic carbocycles. The topological polar surface area (TPSA) is 169 Å². The summed E-state index contributed by atoms with van der Waals surface area (Å²) in [6, 6.07) is 8.29. The first-order valence-electron chi connectivity index (χ1n) is 11.8. The minimum Gasteiger partial charge on any atom is -0.497 e. The SMILES string of the molecule is COc1cc(OC)c2c(=O)[nH]c(-c3cc(C)c(OCCOC(=O)Oc4cc(C)sc4S(N)(=O)=O)c(C)c3)nc2c1. The first-order chi connectivity index (χ1) is 18.9. The average molecular weight is 590 g/mol. The molecule has 0 spiro atoms. The van der Waals surface area contributed by atoms with E-state index in [9.17, 15) is 18.0 Å². The normalized spacial score (nSPS) is 11.3. The molecule has 12 nitrogen and oxygen atoms in total. The number of nitrogens with one attached hydrogen (secondary N) is 1. The smallest absolute Gasteiger partial charge is 0.497 e. The second kappa shape index (κ2) is 11.5. The van der Waals surface area contributed by atoms with E-state index in [4.69, 9.17) is 28.8 Å². The Morgan fingerprint density at radius 3 is 2.33 bits per heavy atom. The Hall–Kier alpha value is -4.14. The van der Waals surface area contributed by atoms with E-state index in [2.05, 4.69) is 9.97 Å². The Morgan fingerprint density at radius 1 is 1.00 bits per heavy atom. The zero-order chi connectivity index (χ0) is 29.2. The fraction of sp³-hybridized carbons (Fsp3) is 0.269. The van der Waals surface area contributed by atoms with Gasteiger partial charge in [-0.2, -0.15) is 0 Å². The van der Waals surface area contributed by atoms with Gasteiger partial charge in [-0.3, -0.25) is 4.79 Å². The van der Waals surface area contributed by atoms with E-state index in [1.807, 2.05) is 26.0 Å². The summed E-state index contributed by atoms with van der Waals surface area (Å²) in [7, 11) is -1.06. The number of benzene rings is 2. The van der Waals surface area contributed by atoms with Gasteiger partial charge in [-0.05, 0) is 50.1 Å². The first-order valence-corrected chi connectivity index (χ1v) is 14.2. The molecule has 2 heterocycles. The summed E-state index contributed by atoms with van der Waals surface area (Å²) in [5.41, 5.74) is 2.25. The second-order valence-electron chi connectivity index (χ2n) is 8.68. The highest BCUT2D eigenvalue weighted by Gasteiger charge is 2.22. The third-order valence-electron chi connectivity index (χ3n) is 5.73. The van der Waals surface area contributed by atoms with E-state index in [1.165, 1.54) is 20.3 Å². The molecule has 0 saturated carbocycles. The van der Waals surface area contributed by atoms with Crippen LogP contribution in [-0.4, -0.2) is 52.0 Å². The van der Waals surface area contributed by atoms with Gasteiger partial charge in [0.2, 0.25) is 0 Å². The van der Waals surface area contributed by atoms with Crippen LogP contribution in [0.5, 0.6) is 23.0 Å². The number of carbonyl (C=O) groups is 1. The summed E-state index contributed by atoms with van der Waals surface area (Å²) in [6.07, 6.45) is -1.09. The lowest BCUT2D eigenvalue weighted by Gasteiger charge is -2.14. The molecule has 0 bridgehead atoms. The minimum atomic E-state index is -4.05.